The Labute approximate surface area is 101 Å². The van der Waals surface area contributed by atoms with Gasteiger partial charge in [0.1, 0.15) is 0 Å². The summed E-state index contributed by atoms with van der Waals surface area (Å²) < 4.78 is 26.1. The van der Waals surface area contributed by atoms with Gasteiger partial charge in [0.25, 0.3) is 11.6 Å². The molecule has 1 aromatic carbocycles. The lowest BCUT2D eigenvalue weighted by Crippen LogP contribution is -2.24. The van der Waals surface area contributed by atoms with Gasteiger partial charge >= 0.3 is 0 Å². The number of alkyl halides is 2. The minimum absolute atomic E-state index is 0.104. The van der Waals surface area contributed by atoms with Gasteiger partial charge in [-0.05, 0) is 12.1 Å². The second-order valence-electron chi connectivity index (χ2n) is 4.15. The molecule has 96 valence electrons. The van der Waals surface area contributed by atoms with Crippen LogP contribution in [0.4, 0.5) is 20.2 Å². The lowest BCUT2D eigenvalue weighted by atomic mass is 10.1. The van der Waals surface area contributed by atoms with E-state index in [1.807, 2.05) is 0 Å². The Bertz CT molecular complexity index is 505. The third-order valence-electron chi connectivity index (χ3n) is 2.87. The summed E-state index contributed by atoms with van der Waals surface area (Å²) in [5.74, 6) is -2.75. The summed E-state index contributed by atoms with van der Waals surface area (Å²) in [5, 5.41) is 10.6. The molecule has 0 spiro atoms. The first-order valence-corrected chi connectivity index (χ1v) is 5.29. The molecule has 18 heavy (non-hydrogen) atoms. The molecule has 2 rings (SSSR count). The fourth-order valence-corrected chi connectivity index (χ4v) is 1.96. The third kappa shape index (κ3) is 2.29. The molecule has 0 N–H and O–H groups in total. The van der Waals surface area contributed by atoms with Gasteiger partial charge < -0.3 is 4.90 Å². The molecule has 1 aliphatic heterocycles. The molecule has 1 heterocycles. The molecule has 0 unspecified atom stereocenters. The highest BCUT2D eigenvalue weighted by molar-refractivity contribution is 5.83. The Hall–Kier alpha value is -2.05. The first-order valence-electron chi connectivity index (χ1n) is 5.29. The van der Waals surface area contributed by atoms with Crippen LogP contribution in [-0.2, 0) is 0 Å². The van der Waals surface area contributed by atoms with Crippen molar-refractivity contribution in [3.8, 4) is 0 Å². The first kappa shape index (κ1) is 12.4. The van der Waals surface area contributed by atoms with Crippen LogP contribution in [-0.4, -0.2) is 30.2 Å². The molecule has 0 aromatic heterocycles. The van der Waals surface area contributed by atoms with Crippen molar-refractivity contribution in [1.82, 2.24) is 0 Å². The Morgan fingerprint density at radius 1 is 1.44 bits per heavy atom. The number of halogens is 2. The van der Waals surface area contributed by atoms with E-state index in [9.17, 15) is 23.7 Å². The van der Waals surface area contributed by atoms with E-state index < -0.39 is 17.4 Å². The Kier molecular flexibility index (Phi) is 2.98. The predicted octanol–water partition coefficient (Wildman–Crippen LogP) is 2.25. The molecule has 0 radical (unpaired) electrons. The van der Waals surface area contributed by atoms with E-state index in [0.717, 1.165) is 6.07 Å². The van der Waals surface area contributed by atoms with E-state index in [4.69, 9.17) is 0 Å². The number of rotatable bonds is 3. The van der Waals surface area contributed by atoms with Gasteiger partial charge in [0.2, 0.25) is 0 Å². The van der Waals surface area contributed by atoms with Crippen molar-refractivity contribution in [3.63, 3.8) is 0 Å². The number of nitrogens with zero attached hydrogens (tertiary/aromatic N) is 2. The maximum absolute atomic E-state index is 13.1. The Balaban J connectivity index is 2.31. The van der Waals surface area contributed by atoms with Gasteiger partial charge in [0.05, 0.1) is 17.0 Å². The van der Waals surface area contributed by atoms with Gasteiger partial charge in [-0.25, -0.2) is 8.78 Å². The smallest absolute Gasteiger partial charge is 0.280 e. The maximum Gasteiger partial charge on any atom is 0.280 e. The maximum atomic E-state index is 13.1. The normalized spacial score (nSPS) is 17.8. The fourth-order valence-electron chi connectivity index (χ4n) is 1.96. The highest BCUT2D eigenvalue weighted by atomic mass is 19.3. The van der Waals surface area contributed by atoms with Crippen molar-refractivity contribution in [3.05, 3.63) is 33.9 Å². The van der Waals surface area contributed by atoms with E-state index in [-0.39, 0.29) is 24.2 Å². The molecule has 0 amide bonds. The number of anilines is 1. The predicted molar refractivity (Wildman–Crippen MR) is 60.3 cm³/mol. The summed E-state index contributed by atoms with van der Waals surface area (Å²) in [4.78, 5) is 22.1. The number of nitro benzene ring substituents is 1. The van der Waals surface area contributed by atoms with E-state index in [0.29, 0.717) is 12.0 Å². The molecular weight excluding hydrogens is 246 g/mol. The van der Waals surface area contributed by atoms with Crippen LogP contribution in [0.25, 0.3) is 0 Å². The molecular formula is C11H10F2N2O3. The zero-order chi connectivity index (χ0) is 13.3. The molecule has 1 fully saturated rings. The number of aldehydes is 1. The molecule has 0 aliphatic carbocycles. The lowest BCUT2D eigenvalue weighted by Gasteiger charge is -2.18. The first-order chi connectivity index (χ1) is 8.43. The number of nitro groups is 1. The minimum Gasteiger partial charge on any atom is -0.365 e. The average molecular weight is 256 g/mol. The van der Waals surface area contributed by atoms with E-state index in [1.54, 1.807) is 0 Å². The fraction of sp³-hybridized carbons (Fsp3) is 0.364. The largest absolute Gasteiger partial charge is 0.365 e. The molecule has 5 nitrogen and oxygen atoms in total. The standard InChI is InChI=1S/C11H10F2N2O3/c12-11(13)3-4-14(7-11)9-1-2-10(15(17)18)8(5-9)6-16/h1-2,5-6H,3-4,7H2. The molecule has 0 bridgehead atoms. The van der Waals surface area contributed by atoms with Crippen molar-refractivity contribution in [2.75, 3.05) is 18.0 Å². The highest BCUT2D eigenvalue weighted by Crippen LogP contribution is 2.32. The number of benzene rings is 1. The number of carbonyl (C=O) groups excluding carboxylic acids is 1. The molecule has 0 saturated carbocycles. The summed E-state index contributed by atoms with van der Waals surface area (Å²) in [6.45, 7) is -0.258. The number of carbonyl (C=O) groups is 1. The zero-order valence-corrected chi connectivity index (χ0v) is 9.31. The summed E-state index contributed by atoms with van der Waals surface area (Å²) >= 11 is 0. The minimum atomic E-state index is -2.75. The van der Waals surface area contributed by atoms with Gasteiger partial charge in [-0.15, -0.1) is 0 Å². The molecule has 1 aromatic rings. The monoisotopic (exact) mass is 256 g/mol. The van der Waals surface area contributed by atoms with Crippen molar-refractivity contribution < 1.29 is 18.5 Å². The second kappa shape index (κ2) is 4.32. The Morgan fingerprint density at radius 2 is 2.17 bits per heavy atom. The van der Waals surface area contributed by atoms with Gasteiger partial charge in [0.15, 0.2) is 6.29 Å². The molecule has 7 heteroatoms. The van der Waals surface area contributed by atoms with Crippen LogP contribution < -0.4 is 4.90 Å². The SMILES string of the molecule is O=Cc1cc(N2CCC(F)(F)C2)ccc1[N+](=O)[O-]. The number of hydrogen-bond acceptors (Lipinski definition) is 4. The topological polar surface area (TPSA) is 63.5 Å². The third-order valence-corrected chi connectivity index (χ3v) is 2.87. The van der Waals surface area contributed by atoms with Gasteiger partial charge in [-0.1, -0.05) is 0 Å². The summed E-state index contributed by atoms with van der Waals surface area (Å²) in [6.07, 6.45) is 0.107. The van der Waals surface area contributed by atoms with Crippen LogP contribution in [0.15, 0.2) is 18.2 Å². The van der Waals surface area contributed by atoms with Crippen LogP contribution in [0.2, 0.25) is 0 Å². The van der Waals surface area contributed by atoms with Gasteiger partial charge in [0, 0.05) is 24.7 Å². The van der Waals surface area contributed by atoms with Crippen molar-refractivity contribution in [1.29, 1.82) is 0 Å². The number of hydrogen-bond donors (Lipinski definition) is 0. The Morgan fingerprint density at radius 3 is 2.67 bits per heavy atom. The summed E-state index contributed by atoms with van der Waals surface area (Å²) in [7, 11) is 0. The quantitative estimate of drug-likeness (QED) is 0.472. The summed E-state index contributed by atoms with van der Waals surface area (Å²) in [5.41, 5.74) is -0.0210. The van der Waals surface area contributed by atoms with Crippen LogP contribution in [0.5, 0.6) is 0 Å². The molecule has 1 aliphatic rings. The van der Waals surface area contributed by atoms with Crippen LogP contribution in [0.1, 0.15) is 16.8 Å². The van der Waals surface area contributed by atoms with Crippen LogP contribution in [0, 0.1) is 10.1 Å². The summed E-state index contributed by atoms with van der Waals surface area (Å²) in [6, 6.07) is 3.81. The van der Waals surface area contributed by atoms with Crippen LogP contribution in [0.3, 0.4) is 0 Å². The average Bonchev–Trinajstić information content (AvgIpc) is 2.68. The van der Waals surface area contributed by atoms with Crippen LogP contribution >= 0.6 is 0 Å². The van der Waals surface area contributed by atoms with Crippen molar-refractivity contribution >= 4 is 17.7 Å². The van der Waals surface area contributed by atoms with E-state index in [1.165, 1.54) is 17.0 Å². The van der Waals surface area contributed by atoms with E-state index in [2.05, 4.69) is 0 Å². The highest BCUT2D eigenvalue weighted by Gasteiger charge is 2.38. The van der Waals surface area contributed by atoms with Gasteiger partial charge in [-0.3, -0.25) is 14.9 Å². The van der Waals surface area contributed by atoms with Crippen molar-refractivity contribution in [2.24, 2.45) is 0 Å². The van der Waals surface area contributed by atoms with Crippen molar-refractivity contribution in [2.45, 2.75) is 12.3 Å². The second-order valence-corrected chi connectivity index (χ2v) is 4.15. The molecule has 0 atom stereocenters. The van der Waals surface area contributed by atoms with Gasteiger partial charge in [-0.2, -0.15) is 0 Å². The lowest BCUT2D eigenvalue weighted by molar-refractivity contribution is -0.385. The van der Waals surface area contributed by atoms with E-state index >= 15 is 0 Å². The zero-order valence-electron chi connectivity index (χ0n) is 9.31. The molecule has 1 saturated heterocycles.